The van der Waals surface area contributed by atoms with Crippen molar-refractivity contribution in [3.8, 4) is 0 Å². The molecule has 1 nitrogen and oxygen atoms in total. The summed E-state index contributed by atoms with van der Waals surface area (Å²) >= 11 is 6.03. The number of alkyl halides is 1. The molecule has 0 amide bonds. The van der Waals surface area contributed by atoms with Gasteiger partial charge in [-0.15, -0.1) is 11.6 Å². The van der Waals surface area contributed by atoms with E-state index < -0.39 is 0 Å². The van der Waals surface area contributed by atoms with E-state index >= 15 is 0 Å². The van der Waals surface area contributed by atoms with Gasteiger partial charge < -0.3 is 0 Å². The molecule has 0 saturated carbocycles. The summed E-state index contributed by atoms with van der Waals surface area (Å²) < 4.78 is 0. The zero-order chi connectivity index (χ0) is 7.61. The van der Waals surface area contributed by atoms with Crippen molar-refractivity contribution in [2.45, 2.75) is 18.7 Å². The summed E-state index contributed by atoms with van der Waals surface area (Å²) in [6, 6.07) is 3.85. The molecule has 0 aromatic carbocycles. The van der Waals surface area contributed by atoms with Crippen LogP contribution in [0, 0.1) is 0 Å². The molecule has 1 heterocycles. The first-order valence-corrected chi connectivity index (χ1v) is 3.58. The van der Waals surface area contributed by atoms with Gasteiger partial charge in [0.15, 0.2) is 0 Å². The molecule has 0 saturated heterocycles. The summed E-state index contributed by atoms with van der Waals surface area (Å²) in [5, 5.41) is 0. The number of hydrogen-bond donors (Lipinski definition) is 0. The summed E-state index contributed by atoms with van der Waals surface area (Å²) in [6.45, 7) is 3.92. The molecule has 0 atom stereocenters. The molecular weight excluding hydrogens is 146 g/mol. The van der Waals surface area contributed by atoms with Gasteiger partial charge in [0, 0.05) is 12.4 Å². The van der Waals surface area contributed by atoms with E-state index in [4.69, 9.17) is 11.6 Å². The monoisotopic (exact) mass is 155 g/mol. The first-order chi connectivity index (χ1) is 4.61. The topological polar surface area (TPSA) is 12.9 Å². The van der Waals surface area contributed by atoms with Gasteiger partial charge in [-0.1, -0.05) is 0 Å². The van der Waals surface area contributed by atoms with Gasteiger partial charge in [0.05, 0.1) is 4.87 Å². The van der Waals surface area contributed by atoms with Crippen LogP contribution in [-0.4, -0.2) is 4.98 Å². The molecule has 0 aliphatic carbocycles. The van der Waals surface area contributed by atoms with Gasteiger partial charge in [-0.2, -0.15) is 0 Å². The van der Waals surface area contributed by atoms with Crippen LogP contribution in [0.5, 0.6) is 0 Å². The fourth-order valence-corrected chi connectivity index (χ4v) is 0.874. The molecule has 0 aliphatic heterocycles. The fraction of sp³-hybridized carbons (Fsp3) is 0.375. The van der Waals surface area contributed by atoms with Crippen molar-refractivity contribution in [1.29, 1.82) is 0 Å². The molecule has 1 aromatic heterocycles. The molecule has 0 bridgehead atoms. The molecule has 1 rings (SSSR count). The predicted octanol–water partition coefficient (Wildman–Crippen LogP) is 2.56. The zero-order valence-corrected chi connectivity index (χ0v) is 6.89. The molecule has 0 N–H and O–H groups in total. The molecule has 2 heteroatoms. The third-order valence-electron chi connectivity index (χ3n) is 1.37. The van der Waals surface area contributed by atoms with Gasteiger partial charge >= 0.3 is 0 Å². The second kappa shape index (κ2) is 2.59. The Morgan fingerprint density at radius 3 is 2.10 bits per heavy atom. The number of nitrogens with zero attached hydrogens (tertiary/aromatic N) is 1. The van der Waals surface area contributed by atoms with E-state index in [0.717, 1.165) is 5.56 Å². The molecule has 0 spiro atoms. The van der Waals surface area contributed by atoms with E-state index in [1.807, 2.05) is 26.0 Å². The SMILES string of the molecule is CC(C)(Cl)c1ccncc1. The van der Waals surface area contributed by atoms with Crippen LogP contribution in [0.4, 0.5) is 0 Å². The highest BCUT2D eigenvalue weighted by Crippen LogP contribution is 2.26. The molecule has 10 heavy (non-hydrogen) atoms. The lowest BCUT2D eigenvalue weighted by Crippen LogP contribution is -2.06. The lowest BCUT2D eigenvalue weighted by molar-refractivity contribution is 0.764. The van der Waals surface area contributed by atoms with E-state index in [-0.39, 0.29) is 4.87 Å². The Bertz CT molecular complexity index is 200. The number of hydrogen-bond acceptors (Lipinski definition) is 1. The minimum Gasteiger partial charge on any atom is -0.265 e. The van der Waals surface area contributed by atoms with Crippen molar-refractivity contribution < 1.29 is 0 Å². The van der Waals surface area contributed by atoms with Crippen molar-refractivity contribution in [2.75, 3.05) is 0 Å². The summed E-state index contributed by atoms with van der Waals surface area (Å²) in [4.78, 5) is 3.63. The molecule has 1 aromatic rings. The van der Waals surface area contributed by atoms with Crippen molar-refractivity contribution in [1.82, 2.24) is 4.98 Å². The second-order valence-electron chi connectivity index (χ2n) is 2.71. The zero-order valence-electron chi connectivity index (χ0n) is 6.13. The minimum absolute atomic E-state index is 0.275. The van der Waals surface area contributed by atoms with Gasteiger partial charge in [0.1, 0.15) is 0 Å². The van der Waals surface area contributed by atoms with Gasteiger partial charge in [-0.25, -0.2) is 0 Å². The lowest BCUT2D eigenvalue weighted by Gasteiger charge is -2.14. The molecule has 0 unspecified atom stereocenters. The van der Waals surface area contributed by atoms with Crippen LogP contribution < -0.4 is 0 Å². The third-order valence-corrected chi connectivity index (χ3v) is 1.58. The first-order valence-electron chi connectivity index (χ1n) is 3.20. The summed E-state index contributed by atoms with van der Waals surface area (Å²) in [5.41, 5.74) is 1.10. The van der Waals surface area contributed by atoms with Crippen LogP contribution in [0.3, 0.4) is 0 Å². The fourth-order valence-electron chi connectivity index (χ4n) is 0.748. The van der Waals surface area contributed by atoms with Crippen molar-refractivity contribution in [3.05, 3.63) is 30.1 Å². The molecule has 0 aliphatic rings. The number of aromatic nitrogens is 1. The maximum absolute atomic E-state index is 6.03. The Morgan fingerprint density at radius 1 is 1.30 bits per heavy atom. The van der Waals surface area contributed by atoms with Crippen molar-refractivity contribution in [3.63, 3.8) is 0 Å². The molecule has 0 radical (unpaired) electrons. The van der Waals surface area contributed by atoms with Crippen LogP contribution in [0.1, 0.15) is 19.4 Å². The highest BCUT2D eigenvalue weighted by Gasteiger charge is 2.14. The normalized spacial score (nSPS) is 11.5. The van der Waals surface area contributed by atoms with E-state index in [2.05, 4.69) is 4.98 Å². The van der Waals surface area contributed by atoms with Crippen LogP contribution in [0.25, 0.3) is 0 Å². The van der Waals surface area contributed by atoms with Gasteiger partial charge in [0.25, 0.3) is 0 Å². The minimum atomic E-state index is -0.275. The molecule has 54 valence electrons. The first kappa shape index (κ1) is 7.55. The Hall–Kier alpha value is -0.560. The van der Waals surface area contributed by atoms with E-state index in [9.17, 15) is 0 Å². The number of halogens is 1. The van der Waals surface area contributed by atoms with Gasteiger partial charge in [-0.3, -0.25) is 4.98 Å². The largest absolute Gasteiger partial charge is 0.265 e. The lowest BCUT2D eigenvalue weighted by atomic mass is 10.0. The summed E-state index contributed by atoms with van der Waals surface area (Å²) in [6.07, 6.45) is 3.50. The highest BCUT2D eigenvalue weighted by atomic mass is 35.5. The van der Waals surface area contributed by atoms with Crippen molar-refractivity contribution >= 4 is 11.6 Å². The average Bonchev–Trinajstić information content (AvgIpc) is 1.88. The van der Waals surface area contributed by atoms with Crippen LogP contribution >= 0.6 is 11.6 Å². The Kier molecular flexibility index (Phi) is 1.95. The predicted molar refractivity (Wildman–Crippen MR) is 43.1 cm³/mol. The Labute approximate surface area is 66.0 Å². The van der Waals surface area contributed by atoms with Gasteiger partial charge in [-0.05, 0) is 31.5 Å². The Balaban J connectivity index is 2.97. The standard InChI is InChI=1S/C8H10ClN/c1-8(2,9)7-3-5-10-6-4-7/h3-6H,1-2H3. The quantitative estimate of drug-likeness (QED) is 0.568. The third kappa shape index (κ3) is 1.71. The van der Waals surface area contributed by atoms with E-state index in [0.29, 0.717) is 0 Å². The Morgan fingerprint density at radius 2 is 1.80 bits per heavy atom. The van der Waals surface area contributed by atoms with E-state index in [1.54, 1.807) is 12.4 Å². The van der Waals surface area contributed by atoms with Crippen LogP contribution in [0.2, 0.25) is 0 Å². The maximum Gasteiger partial charge on any atom is 0.0639 e. The number of rotatable bonds is 1. The summed E-state index contributed by atoms with van der Waals surface area (Å²) in [7, 11) is 0. The second-order valence-corrected chi connectivity index (χ2v) is 3.65. The van der Waals surface area contributed by atoms with Gasteiger partial charge in [0.2, 0.25) is 0 Å². The summed E-state index contributed by atoms with van der Waals surface area (Å²) in [5.74, 6) is 0. The maximum atomic E-state index is 6.03. The molecule has 0 fully saturated rings. The average molecular weight is 156 g/mol. The smallest absolute Gasteiger partial charge is 0.0639 e. The van der Waals surface area contributed by atoms with Crippen LogP contribution in [-0.2, 0) is 4.87 Å². The number of pyridine rings is 1. The van der Waals surface area contributed by atoms with E-state index in [1.165, 1.54) is 0 Å². The highest BCUT2D eigenvalue weighted by molar-refractivity contribution is 6.23. The van der Waals surface area contributed by atoms with Crippen molar-refractivity contribution in [2.24, 2.45) is 0 Å². The molecular formula is C8H10ClN. The van der Waals surface area contributed by atoms with Crippen LogP contribution in [0.15, 0.2) is 24.5 Å².